The van der Waals surface area contributed by atoms with Crippen LogP contribution in [0.4, 0.5) is 4.39 Å². The van der Waals surface area contributed by atoms with Crippen molar-refractivity contribution in [3.05, 3.63) is 48.2 Å². The molecule has 1 saturated heterocycles. The third-order valence-electron chi connectivity index (χ3n) is 5.19. The maximum atomic E-state index is 13.5. The largest absolute Gasteiger partial charge is 0.389 e. The number of hydrogen-bond acceptors (Lipinski definition) is 6. The van der Waals surface area contributed by atoms with E-state index in [1.165, 1.54) is 12.1 Å². The zero-order valence-electron chi connectivity index (χ0n) is 17.1. The van der Waals surface area contributed by atoms with E-state index in [0.29, 0.717) is 19.8 Å². The van der Waals surface area contributed by atoms with Gasteiger partial charge in [0.05, 0.1) is 31.1 Å². The summed E-state index contributed by atoms with van der Waals surface area (Å²) in [6.07, 6.45) is 3.07. The monoisotopic (exact) mass is 403 g/mol. The average Bonchev–Trinajstić information content (AvgIpc) is 2.73. The Balaban J connectivity index is 1.50. The molecule has 29 heavy (non-hydrogen) atoms. The Morgan fingerprint density at radius 1 is 1.24 bits per heavy atom. The minimum Gasteiger partial charge on any atom is -0.389 e. The van der Waals surface area contributed by atoms with Gasteiger partial charge in [0.2, 0.25) is 0 Å². The molecule has 1 N–H and O–H groups in total. The average molecular weight is 403 g/mol. The summed E-state index contributed by atoms with van der Waals surface area (Å²) in [5.74, 6) is 0.814. The summed E-state index contributed by atoms with van der Waals surface area (Å²) in [7, 11) is 1.64. The lowest BCUT2D eigenvalue weighted by Gasteiger charge is -2.32. The fraction of sp³-hybridized carbons (Fsp3) is 0.545. The summed E-state index contributed by atoms with van der Waals surface area (Å²) >= 11 is 0. The van der Waals surface area contributed by atoms with Crippen molar-refractivity contribution in [2.24, 2.45) is 0 Å². The van der Waals surface area contributed by atoms with Crippen molar-refractivity contribution in [3.8, 4) is 11.3 Å². The van der Waals surface area contributed by atoms with Gasteiger partial charge in [0.1, 0.15) is 11.6 Å². The Hall–Kier alpha value is -1.93. The second-order valence-electron chi connectivity index (χ2n) is 7.64. The highest BCUT2D eigenvalue weighted by Crippen LogP contribution is 2.27. The minimum absolute atomic E-state index is 0.0251. The van der Waals surface area contributed by atoms with Crippen molar-refractivity contribution in [3.63, 3.8) is 0 Å². The number of aliphatic hydroxyl groups excluding tert-OH is 1. The van der Waals surface area contributed by atoms with Crippen LogP contribution in [0.15, 0.2) is 36.5 Å². The molecule has 0 aliphatic carbocycles. The Bertz CT molecular complexity index is 768. The molecule has 0 saturated carbocycles. The van der Waals surface area contributed by atoms with Crippen LogP contribution in [0.5, 0.6) is 0 Å². The maximum absolute atomic E-state index is 13.5. The van der Waals surface area contributed by atoms with E-state index in [-0.39, 0.29) is 17.8 Å². The molecule has 0 bridgehead atoms. The van der Waals surface area contributed by atoms with Crippen molar-refractivity contribution < 1.29 is 19.0 Å². The predicted molar refractivity (Wildman–Crippen MR) is 109 cm³/mol. The first-order valence-corrected chi connectivity index (χ1v) is 10.1. The van der Waals surface area contributed by atoms with Gasteiger partial charge in [0.25, 0.3) is 0 Å². The molecule has 0 spiro atoms. The van der Waals surface area contributed by atoms with Crippen molar-refractivity contribution >= 4 is 0 Å². The highest BCUT2D eigenvalue weighted by molar-refractivity contribution is 5.58. The zero-order valence-corrected chi connectivity index (χ0v) is 17.1. The van der Waals surface area contributed by atoms with Gasteiger partial charge < -0.3 is 19.5 Å². The number of halogens is 1. The number of ether oxygens (including phenoxy) is 2. The molecular weight excluding hydrogens is 373 g/mol. The highest BCUT2D eigenvalue weighted by atomic mass is 19.1. The van der Waals surface area contributed by atoms with Gasteiger partial charge in [0, 0.05) is 31.3 Å². The van der Waals surface area contributed by atoms with E-state index in [2.05, 4.69) is 14.9 Å². The number of rotatable bonds is 9. The molecule has 0 amide bonds. The minimum atomic E-state index is -0.515. The number of aromatic nitrogens is 2. The molecule has 2 heterocycles. The smallest absolute Gasteiger partial charge is 0.132 e. The number of benzene rings is 1. The van der Waals surface area contributed by atoms with E-state index in [1.807, 2.05) is 19.1 Å². The number of aliphatic hydroxyl groups is 1. The maximum Gasteiger partial charge on any atom is 0.132 e. The van der Waals surface area contributed by atoms with Crippen molar-refractivity contribution in [1.82, 2.24) is 14.9 Å². The molecule has 1 aliphatic heterocycles. The molecule has 1 fully saturated rings. The van der Waals surface area contributed by atoms with E-state index in [9.17, 15) is 9.50 Å². The summed E-state index contributed by atoms with van der Waals surface area (Å²) in [5.41, 5.74) is 1.51. The number of likely N-dealkylation sites (tertiary alicyclic amines) is 1. The fourth-order valence-electron chi connectivity index (χ4n) is 3.66. The van der Waals surface area contributed by atoms with Gasteiger partial charge in [-0.05, 0) is 51.1 Å². The molecule has 6 nitrogen and oxygen atoms in total. The quantitative estimate of drug-likeness (QED) is 0.694. The molecule has 0 radical (unpaired) electrons. The predicted octanol–water partition coefficient (Wildman–Crippen LogP) is 2.87. The third-order valence-corrected chi connectivity index (χ3v) is 5.19. The number of methoxy groups -OCH3 is 1. The van der Waals surface area contributed by atoms with E-state index < -0.39 is 6.10 Å². The molecule has 2 atom stereocenters. The number of hydrogen-bond donors (Lipinski definition) is 1. The second-order valence-corrected chi connectivity index (χ2v) is 7.64. The summed E-state index contributed by atoms with van der Waals surface area (Å²) in [5, 5.41) is 10.2. The SMILES string of the molecule is COCC(C)OCC(O)CN1CCC(c2nccc(-c3cccc(F)c3)n2)CC1. The third kappa shape index (κ3) is 6.54. The van der Waals surface area contributed by atoms with Gasteiger partial charge in [-0.25, -0.2) is 14.4 Å². The van der Waals surface area contributed by atoms with Crippen LogP contribution in [0.3, 0.4) is 0 Å². The van der Waals surface area contributed by atoms with Gasteiger partial charge in [-0.15, -0.1) is 0 Å². The lowest BCUT2D eigenvalue weighted by atomic mass is 9.95. The Kier molecular flexibility index (Phi) is 8.06. The summed E-state index contributed by atoms with van der Waals surface area (Å²) in [6.45, 7) is 5.11. The van der Waals surface area contributed by atoms with Gasteiger partial charge in [0.15, 0.2) is 0 Å². The molecular formula is C22H30FN3O3. The molecule has 1 aromatic carbocycles. The van der Waals surface area contributed by atoms with Gasteiger partial charge in [-0.1, -0.05) is 12.1 Å². The highest BCUT2D eigenvalue weighted by Gasteiger charge is 2.24. The summed E-state index contributed by atoms with van der Waals surface area (Å²) in [6, 6.07) is 8.28. The van der Waals surface area contributed by atoms with Gasteiger partial charge in [-0.3, -0.25) is 0 Å². The fourth-order valence-corrected chi connectivity index (χ4v) is 3.66. The van der Waals surface area contributed by atoms with Crippen LogP contribution in [0.1, 0.15) is 31.5 Å². The van der Waals surface area contributed by atoms with E-state index in [4.69, 9.17) is 9.47 Å². The van der Waals surface area contributed by atoms with Crippen molar-refractivity contribution in [2.75, 3.05) is 40.0 Å². The molecule has 3 rings (SSSR count). The molecule has 1 aromatic heterocycles. The molecule has 158 valence electrons. The van der Waals surface area contributed by atoms with Crippen LogP contribution in [0.2, 0.25) is 0 Å². The second kappa shape index (κ2) is 10.7. The molecule has 7 heteroatoms. The van der Waals surface area contributed by atoms with Crippen LogP contribution in [0.25, 0.3) is 11.3 Å². The first kappa shape index (κ1) is 21.8. The topological polar surface area (TPSA) is 67.7 Å². The number of piperidine rings is 1. The molecule has 1 aliphatic rings. The van der Waals surface area contributed by atoms with Crippen LogP contribution in [-0.2, 0) is 9.47 Å². The van der Waals surface area contributed by atoms with Crippen LogP contribution < -0.4 is 0 Å². The first-order chi connectivity index (χ1) is 14.0. The lowest BCUT2D eigenvalue weighted by molar-refractivity contribution is -0.0411. The molecule has 2 unspecified atom stereocenters. The Morgan fingerprint density at radius 3 is 2.76 bits per heavy atom. The van der Waals surface area contributed by atoms with E-state index in [1.54, 1.807) is 19.4 Å². The normalized spacial score (nSPS) is 17.9. The van der Waals surface area contributed by atoms with E-state index >= 15 is 0 Å². The lowest BCUT2D eigenvalue weighted by Crippen LogP contribution is -2.40. The van der Waals surface area contributed by atoms with E-state index in [0.717, 1.165) is 43.0 Å². The van der Waals surface area contributed by atoms with Crippen molar-refractivity contribution in [1.29, 1.82) is 0 Å². The molecule has 2 aromatic rings. The summed E-state index contributed by atoms with van der Waals surface area (Å²) in [4.78, 5) is 11.4. The first-order valence-electron chi connectivity index (χ1n) is 10.1. The summed E-state index contributed by atoms with van der Waals surface area (Å²) < 4.78 is 24.1. The number of nitrogens with zero attached hydrogens (tertiary/aromatic N) is 3. The van der Waals surface area contributed by atoms with Crippen LogP contribution in [-0.4, -0.2) is 72.1 Å². The van der Waals surface area contributed by atoms with Gasteiger partial charge in [-0.2, -0.15) is 0 Å². The van der Waals surface area contributed by atoms with Crippen LogP contribution >= 0.6 is 0 Å². The Labute approximate surface area is 171 Å². The van der Waals surface area contributed by atoms with Gasteiger partial charge >= 0.3 is 0 Å². The zero-order chi connectivity index (χ0) is 20.6. The van der Waals surface area contributed by atoms with Crippen molar-refractivity contribution in [2.45, 2.75) is 37.9 Å². The number of β-amino-alcohol motifs (C(OH)–C–C–N with tert-alkyl or cyclic N) is 1. The standard InChI is InChI=1S/C22H30FN3O3/c1-16(14-28-2)29-15-20(27)13-26-10-7-17(8-11-26)22-24-9-6-21(25-22)18-4-3-5-19(23)12-18/h3-6,9,12,16-17,20,27H,7-8,10-11,13-15H2,1-2H3. The Morgan fingerprint density at radius 2 is 2.03 bits per heavy atom. The van der Waals surface area contributed by atoms with Crippen LogP contribution in [0, 0.1) is 5.82 Å².